The Labute approximate surface area is 172 Å². The van der Waals surface area contributed by atoms with Gasteiger partial charge in [-0.05, 0) is 50.9 Å². The summed E-state index contributed by atoms with van der Waals surface area (Å²) >= 11 is 0. The summed E-state index contributed by atoms with van der Waals surface area (Å²) < 4.78 is 0. The number of hydrogen-bond acceptors (Lipinski definition) is 5. The van der Waals surface area contributed by atoms with Gasteiger partial charge in [-0.1, -0.05) is 19.1 Å². The number of nitrogens with zero attached hydrogens (tertiary/aromatic N) is 4. The van der Waals surface area contributed by atoms with Crippen LogP contribution in [-0.4, -0.2) is 76.7 Å². The highest BCUT2D eigenvalue weighted by Gasteiger charge is 2.27. The molecule has 0 spiro atoms. The number of hydrogen-bond donors (Lipinski definition) is 2. The summed E-state index contributed by atoms with van der Waals surface area (Å²) in [6.45, 7) is 9.92. The smallest absolute Gasteiger partial charge is 0.251 e. The van der Waals surface area contributed by atoms with Crippen molar-refractivity contribution in [1.82, 2.24) is 30.3 Å². The van der Waals surface area contributed by atoms with Crippen molar-refractivity contribution in [2.24, 2.45) is 0 Å². The van der Waals surface area contributed by atoms with Gasteiger partial charge in [-0.2, -0.15) is 5.10 Å². The Morgan fingerprint density at radius 1 is 1.10 bits per heavy atom. The minimum absolute atomic E-state index is 0.0123. The molecule has 156 valence electrons. The topological polar surface area (TPSA) is 77.1 Å². The van der Waals surface area contributed by atoms with Crippen LogP contribution >= 0.6 is 0 Å². The molecule has 0 radical (unpaired) electrons. The number of rotatable bonds is 9. The molecule has 2 aromatic rings. The molecule has 1 saturated carbocycles. The highest BCUT2D eigenvalue weighted by molar-refractivity contribution is 5.94. The lowest BCUT2D eigenvalue weighted by Gasteiger charge is -2.33. The summed E-state index contributed by atoms with van der Waals surface area (Å²) in [7, 11) is 0. The van der Waals surface area contributed by atoms with E-state index >= 15 is 0 Å². The van der Waals surface area contributed by atoms with Crippen LogP contribution in [0.5, 0.6) is 0 Å². The van der Waals surface area contributed by atoms with E-state index in [1.165, 1.54) is 39.0 Å². The first-order valence-corrected chi connectivity index (χ1v) is 11.0. The Bertz CT molecular complexity index is 790. The summed E-state index contributed by atoms with van der Waals surface area (Å²) in [5.74, 6) is 2.23. The Morgan fingerprint density at radius 3 is 2.52 bits per heavy atom. The normalized spacial score (nSPS) is 18.1. The first-order valence-electron chi connectivity index (χ1n) is 11.0. The number of carbonyl (C=O) groups is 1. The zero-order chi connectivity index (χ0) is 20.1. The molecule has 7 heteroatoms. The molecule has 0 bridgehead atoms. The third kappa shape index (κ3) is 5.42. The third-order valence-electron chi connectivity index (χ3n) is 5.97. The summed E-state index contributed by atoms with van der Waals surface area (Å²) in [5.41, 5.74) is 1.62. The maximum atomic E-state index is 12.4. The van der Waals surface area contributed by atoms with Gasteiger partial charge in [-0.15, -0.1) is 0 Å². The second-order valence-electron chi connectivity index (χ2n) is 8.13. The molecule has 29 heavy (non-hydrogen) atoms. The second-order valence-corrected chi connectivity index (χ2v) is 8.13. The van der Waals surface area contributed by atoms with Gasteiger partial charge in [0, 0.05) is 49.8 Å². The van der Waals surface area contributed by atoms with E-state index in [0.717, 1.165) is 43.9 Å². The van der Waals surface area contributed by atoms with Crippen LogP contribution in [0.4, 0.5) is 0 Å². The van der Waals surface area contributed by atoms with Gasteiger partial charge in [-0.25, -0.2) is 4.98 Å². The fourth-order valence-electron chi connectivity index (χ4n) is 3.81. The quantitative estimate of drug-likeness (QED) is 0.637. The molecule has 0 atom stereocenters. The predicted octanol–water partition coefficient (Wildman–Crippen LogP) is 2.50. The van der Waals surface area contributed by atoms with Crippen LogP contribution in [0, 0.1) is 0 Å². The number of benzene rings is 1. The van der Waals surface area contributed by atoms with Gasteiger partial charge in [0.05, 0.1) is 0 Å². The second kappa shape index (κ2) is 9.50. The monoisotopic (exact) mass is 396 g/mol. The lowest BCUT2D eigenvalue weighted by atomic mass is 10.1. The maximum absolute atomic E-state index is 12.4. The molecule has 1 aliphatic carbocycles. The summed E-state index contributed by atoms with van der Waals surface area (Å²) in [6.07, 6.45) is 4.53. The number of aromatic nitrogens is 3. The number of likely N-dealkylation sites (N-methyl/N-ethyl adjacent to an activating group) is 1. The van der Waals surface area contributed by atoms with Crippen LogP contribution < -0.4 is 5.32 Å². The van der Waals surface area contributed by atoms with Crippen molar-refractivity contribution in [2.45, 2.75) is 38.5 Å². The average Bonchev–Trinajstić information content (AvgIpc) is 3.50. The van der Waals surface area contributed by atoms with E-state index in [2.05, 4.69) is 37.2 Å². The fraction of sp³-hybridized carbons (Fsp3) is 0.591. The zero-order valence-electron chi connectivity index (χ0n) is 17.4. The minimum Gasteiger partial charge on any atom is -0.352 e. The Morgan fingerprint density at radius 2 is 1.83 bits per heavy atom. The maximum Gasteiger partial charge on any atom is 0.251 e. The Hall–Kier alpha value is -2.25. The van der Waals surface area contributed by atoms with Crippen molar-refractivity contribution in [2.75, 3.05) is 45.8 Å². The minimum atomic E-state index is -0.0123. The van der Waals surface area contributed by atoms with Crippen molar-refractivity contribution in [3.05, 3.63) is 35.7 Å². The fourth-order valence-corrected chi connectivity index (χ4v) is 3.81. The van der Waals surface area contributed by atoms with Crippen molar-refractivity contribution < 1.29 is 4.79 Å². The largest absolute Gasteiger partial charge is 0.352 e. The van der Waals surface area contributed by atoms with Gasteiger partial charge in [-0.3, -0.25) is 9.89 Å². The van der Waals surface area contributed by atoms with Crippen LogP contribution in [-0.2, 0) is 0 Å². The van der Waals surface area contributed by atoms with Gasteiger partial charge in [0.2, 0.25) is 0 Å². The first-order chi connectivity index (χ1) is 14.2. The number of H-pyrrole nitrogens is 1. The molecule has 7 nitrogen and oxygen atoms in total. The third-order valence-corrected chi connectivity index (χ3v) is 5.97. The van der Waals surface area contributed by atoms with Crippen LogP contribution in [0.2, 0.25) is 0 Å². The lowest BCUT2D eigenvalue weighted by molar-refractivity contribution is 0.0951. The molecule has 1 amide bonds. The summed E-state index contributed by atoms with van der Waals surface area (Å²) in [6, 6.07) is 7.55. The van der Waals surface area contributed by atoms with Gasteiger partial charge in [0.1, 0.15) is 5.82 Å². The SMILES string of the molecule is CCN1CCN(CCCCNC(=O)c2ccc(-c3n[nH]c(C4CC4)n3)cc2)CC1. The molecule has 1 saturated heterocycles. The molecular formula is C22H32N6O. The van der Waals surface area contributed by atoms with Gasteiger partial charge in [0.15, 0.2) is 5.82 Å². The molecule has 0 unspecified atom stereocenters. The average molecular weight is 397 g/mol. The van der Waals surface area contributed by atoms with Crippen LogP contribution in [0.25, 0.3) is 11.4 Å². The molecule has 2 fully saturated rings. The Kier molecular flexibility index (Phi) is 6.56. The number of piperazine rings is 1. The molecule has 2 aliphatic rings. The zero-order valence-corrected chi connectivity index (χ0v) is 17.4. The molecule has 4 rings (SSSR count). The summed E-state index contributed by atoms with van der Waals surface area (Å²) in [5, 5.41) is 10.4. The van der Waals surface area contributed by atoms with E-state index in [1.807, 2.05) is 24.3 Å². The molecule has 1 aromatic heterocycles. The number of nitrogens with one attached hydrogen (secondary N) is 2. The molecule has 2 heterocycles. The van der Waals surface area contributed by atoms with E-state index in [4.69, 9.17) is 0 Å². The van der Waals surface area contributed by atoms with E-state index < -0.39 is 0 Å². The highest BCUT2D eigenvalue weighted by Crippen LogP contribution is 2.38. The Balaban J connectivity index is 1.16. The first kappa shape index (κ1) is 20.0. The van der Waals surface area contributed by atoms with Gasteiger partial charge in [0.25, 0.3) is 5.91 Å². The van der Waals surface area contributed by atoms with Crippen molar-refractivity contribution in [1.29, 1.82) is 0 Å². The standard InChI is InChI=1S/C22H32N6O/c1-2-27-13-15-28(16-14-27)12-4-3-11-23-22(29)19-9-7-18(8-10-19)21-24-20(25-26-21)17-5-6-17/h7-10,17H,2-6,11-16H2,1H3,(H,23,29)(H,24,25,26). The number of aromatic amines is 1. The van der Waals surface area contributed by atoms with E-state index in [1.54, 1.807) is 0 Å². The van der Waals surface area contributed by atoms with Crippen molar-refractivity contribution >= 4 is 5.91 Å². The van der Waals surface area contributed by atoms with Crippen molar-refractivity contribution in [3.63, 3.8) is 0 Å². The number of amides is 1. The van der Waals surface area contributed by atoms with Crippen LogP contribution in [0.1, 0.15) is 54.7 Å². The van der Waals surface area contributed by atoms with Gasteiger partial charge < -0.3 is 15.1 Å². The number of unbranched alkanes of at least 4 members (excludes halogenated alkanes) is 1. The van der Waals surface area contributed by atoms with E-state index in [0.29, 0.717) is 17.3 Å². The van der Waals surface area contributed by atoms with E-state index in [9.17, 15) is 4.79 Å². The molecule has 2 N–H and O–H groups in total. The number of carbonyl (C=O) groups excluding carboxylic acids is 1. The van der Waals surface area contributed by atoms with Gasteiger partial charge >= 0.3 is 0 Å². The predicted molar refractivity (Wildman–Crippen MR) is 114 cm³/mol. The molecule has 1 aromatic carbocycles. The van der Waals surface area contributed by atoms with Crippen molar-refractivity contribution in [3.8, 4) is 11.4 Å². The summed E-state index contributed by atoms with van der Waals surface area (Å²) in [4.78, 5) is 22.0. The van der Waals surface area contributed by atoms with Crippen LogP contribution in [0.3, 0.4) is 0 Å². The molecule has 1 aliphatic heterocycles. The molecular weight excluding hydrogens is 364 g/mol. The highest BCUT2D eigenvalue weighted by atomic mass is 16.1. The van der Waals surface area contributed by atoms with Crippen LogP contribution in [0.15, 0.2) is 24.3 Å². The van der Waals surface area contributed by atoms with E-state index in [-0.39, 0.29) is 5.91 Å². The lowest BCUT2D eigenvalue weighted by Crippen LogP contribution is -2.46.